The summed E-state index contributed by atoms with van der Waals surface area (Å²) in [4.78, 5) is 0. The van der Waals surface area contributed by atoms with Gasteiger partial charge in [0.25, 0.3) is 0 Å². The highest BCUT2D eigenvalue weighted by Gasteiger charge is 2.10. The van der Waals surface area contributed by atoms with Crippen LogP contribution in [0.5, 0.6) is 0 Å². The van der Waals surface area contributed by atoms with Crippen LogP contribution in [0.2, 0.25) is 0 Å². The fraction of sp³-hybridized carbons (Fsp3) is 0.750. The van der Waals surface area contributed by atoms with Gasteiger partial charge in [0.2, 0.25) is 0 Å². The maximum Gasteiger partial charge on any atom is 0.162 e. The molecule has 0 aromatic carbocycles. The predicted molar refractivity (Wildman–Crippen MR) is 63.0 cm³/mol. The van der Waals surface area contributed by atoms with Gasteiger partial charge in [-0.1, -0.05) is 25.9 Å². The maximum absolute atomic E-state index is 5.53. The molecule has 4 heteroatoms. The van der Waals surface area contributed by atoms with E-state index in [1.54, 1.807) is 0 Å². The maximum atomic E-state index is 5.53. The van der Waals surface area contributed by atoms with Crippen molar-refractivity contribution in [2.45, 2.75) is 40.3 Å². The van der Waals surface area contributed by atoms with Crippen LogP contribution in [0.4, 0.5) is 0 Å². The lowest BCUT2D eigenvalue weighted by Crippen LogP contribution is -2.09. The molecule has 92 valence electrons. The van der Waals surface area contributed by atoms with Gasteiger partial charge in [-0.15, -0.1) is 0 Å². The molecule has 1 aromatic rings. The van der Waals surface area contributed by atoms with Crippen molar-refractivity contribution in [2.75, 3.05) is 13.7 Å². The second-order valence-corrected chi connectivity index (χ2v) is 5.18. The molecule has 0 aliphatic carbocycles. The summed E-state index contributed by atoms with van der Waals surface area (Å²) < 4.78 is 10.7. The van der Waals surface area contributed by atoms with Gasteiger partial charge in [0.15, 0.2) is 5.76 Å². The zero-order chi connectivity index (χ0) is 12.0. The lowest BCUT2D eigenvalue weighted by atomic mass is 9.93. The average Bonchev–Trinajstić information content (AvgIpc) is 2.60. The van der Waals surface area contributed by atoms with Crippen molar-refractivity contribution in [3.63, 3.8) is 0 Å². The first-order valence-electron chi connectivity index (χ1n) is 5.68. The lowest BCUT2D eigenvalue weighted by molar-refractivity contribution is 0.0806. The molecule has 1 rings (SSSR count). The highest BCUT2D eigenvalue weighted by atomic mass is 16.5. The average molecular weight is 226 g/mol. The molecule has 0 atom stereocenters. The van der Waals surface area contributed by atoms with Crippen LogP contribution in [0.3, 0.4) is 0 Å². The molecule has 0 bridgehead atoms. The molecule has 0 saturated carbocycles. The monoisotopic (exact) mass is 226 g/mol. The summed E-state index contributed by atoms with van der Waals surface area (Å²) in [7, 11) is 1.88. The van der Waals surface area contributed by atoms with Crippen molar-refractivity contribution in [3.8, 4) is 0 Å². The van der Waals surface area contributed by atoms with Gasteiger partial charge in [-0.25, -0.2) is 0 Å². The molecule has 0 aliphatic heterocycles. The van der Waals surface area contributed by atoms with Crippen molar-refractivity contribution in [3.05, 3.63) is 17.5 Å². The second-order valence-electron chi connectivity index (χ2n) is 5.18. The third kappa shape index (κ3) is 5.28. The van der Waals surface area contributed by atoms with Gasteiger partial charge >= 0.3 is 0 Å². The van der Waals surface area contributed by atoms with E-state index < -0.39 is 0 Å². The van der Waals surface area contributed by atoms with E-state index in [0.29, 0.717) is 12.0 Å². The fourth-order valence-corrected chi connectivity index (χ4v) is 1.24. The molecule has 16 heavy (non-hydrogen) atoms. The van der Waals surface area contributed by atoms with E-state index in [4.69, 9.17) is 9.26 Å². The van der Waals surface area contributed by atoms with Gasteiger partial charge in [-0.2, -0.15) is 0 Å². The number of aromatic nitrogens is 1. The third-order valence-electron chi connectivity index (χ3n) is 2.21. The Kier molecular flexibility index (Phi) is 4.96. The topological polar surface area (TPSA) is 47.3 Å². The largest absolute Gasteiger partial charge is 0.373 e. The van der Waals surface area contributed by atoms with Crippen LogP contribution in [0.1, 0.15) is 38.6 Å². The number of ether oxygens (including phenoxy) is 1. The van der Waals surface area contributed by atoms with Gasteiger partial charge in [0.05, 0.1) is 5.69 Å². The van der Waals surface area contributed by atoms with E-state index >= 15 is 0 Å². The van der Waals surface area contributed by atoms with E-state index in [1.165, 1.54) is 0 Å². The number of nitrogens with one attached hydrogen (secondary N) is 1. The Bertz CT molecular complexity index is 302. The predicted octanol–water partition coefficient (Wildman–Crippen LogP) is 2.35. The van der Waals surface area contributed by atoms with Crippen LogP contribution in [0.25, 0.3) is 0 Å². The van der Waals surface area contributed by atoms with Gasteiger partial charge < -0.3 is 14.6 Å². The normalized spacial score (nSPS) is 12.0. The van der Waals surface area contributed by atoms with Gasteiger partial charge in [0.1, 0.15) is 6.61 Å². The van der Waals surface area contributed by atoms with Crippen molar-refractivity contribution in [1.82, 2.24) is 10.5 Å². The van der Waals surface area contributed by atoms with Crippen LogP contribution in [0, 0.1) is 5.41 Å². The number of rotatable bonds is 6. The summed E-state index contributed by atoms with van der Waals surface area (Å²) in [6.07, 6.45) is 1.05. The van der Waals surface area contributed by atoms with Crippen molar-refractivity contribution >= 4 is 0 Å². The first kappa shape index (κ1) is 13.2. The first-order chi connectivity index (χ1) is 7.51. The molecule has 4 nitrogen and oxygen atoms in total. The van der Waals surface area contributed by atoms with E-state index in [9.17, 15) is 0 Å². The van der Waals surface area contributed by atoms with Crippen molar-refractivity contribution in [2.24, 2.45) is 5.41 Å². The number of hydrogen-bond donors (Lipinski definition) is 1. The summed E-state index contributed by atoms with van der Waals surface area (Å²) >= 11 is 0. The van der Waals surface area contributed by atoms with Gasteiger partial charge in [-0.3, -0.25) is 0 Å². The summed E-state index contributed by atoms with van der Waals surface area (Å²) in [5.41, 5.74) is 1.23. The van der Waals surface area contributed by atoms with Crippen molar-refractivity contribution < 1.29 is 9.26 Å². The molecule has 0 fully saturated rings. The fourth-order valence-electron chi connectivity index (χ4n) is 1.24. The minimum Gasteiger partial charge on any atom is -0.373 e. The Morgan fingerprint density at radius 3 is 2.81 bits per heavy atom. The van der Waals surface area contributed by atoms with Crippen LogP contribution < -0.4 is 5.32 Å². The number of nitrogens with zero attached hydrogens (tertiary/aromatic N) is 1. The van der Waals surface area contributed by atoms with E-state index in [0.717, 1.165) is 31.0 Å². The van der Waals surface area contributed by atoms with Crippen LogP contribution in [-0.2, 0) is 17.9 Å². The standard InChI is InChI=1S/C12H22N2O2/c1-12(2,3)5-6-15-9-11-7-10(8-13-4)14-16-11/h7,13H,5-6,8-9H2,1-4H3. The lowest BCUT2D eigenvalue weighted by Gasteiger charge is -2.17. The molecule has 0 amide bonds. The van der Waals surface area contributed by atoms with E-state index in [-0.39, 0.29) is 0 Å². The molecule has 0 saturated heterocycles. The Labute approximate surface area is 97.3 Å². The second kappa shape index (κ2) is 6.01. The van der Waals surface area contributed by atoms with E-state index in [1.807, 2.05) is 13.1 Å². The highest BCUT2D eigenvalue weighted by molar-refractivity contribution is 5.03. The smallest absolute Gasteiger partial charge is 0.162 e. The number of hydrogen-bond acceptors (Lipinski definition) is 4. The SMILES string of the molecule is CNCc1cc(COCCC(C)(C)C)on1. The van der Waals surface area contributed by atoms with Gasteiger partial charge in [0, 0.05) is 19.2 Å². The van der Waals surface area contributed by atoms with E-state index in [2.05, 4.69) is 31.2 Å². The molecule has 1 aromatic heterocycles. The zero-order valence-corrected chi connectivity index (χ0v) is 10.7. The molecule has 0 radical (unpaired) electrons. The Morgan fingerprint density at radius 2 is 2.19 bits per heavy atom. The van der Waals surface area contributed by atoms with Crippen LogP contribution in [-0.4, -0.2) is 18.8 Å². The molecule has 1 N–H and O–H groups in total. The molecular formula is C12H22N2O2. The summed E-state index contributed by atoms with van der Waals surface area (Å²) in [5.74, 6) is 0.791. The Balaban J connectivity index is 2.21. The molecule has 0 unspecified atom stereocenters. The highest BCUT2D eigenvalue weighted by Crippen LogP contribution is 2.18. The Hall–Kier alpha value is -0.870. The zero-order valence-electron chi connectivity index (χ0n) is 10.7. The van der Waals surface area contributed by atoms with Crippen LogP contribution >= 0.6 is 0 Å². The summed E-state index contributed by atoms with van der Waals surface area (Å²) in [5, 5.41) is 6.94. The first-order valence-corrected chi connectivity index (χ1v) is 5.68. The summed E-state index contributed by atoms with van der Waals surface area (Å²) in [6, 6.07) is 1.92. The van der Waals surface area contributed by atoms with Crippen molar-refractivity contribution in [1.29, 1.82) is 0 Å². The summed E-state index contributed by atoms with van der Waals surface area (Å²) in [6.45, 7) is 8.60. The molecule has 1 heterocycles. The minimum atomic E-state index is 0.318. The molecule has 0 aliphatic rings. The Morgan fingerprint density at radius 1 is 1.44 bits per heavy atom. The van der Waals surface area contributed by atoms with Crippen LogP contribution in [0.15, 0.2) is 10.6 Å². The molecular weight excluding hydrogens is 204 g/mol. The quantitative estimate of drug-likeness (QED) is 0.756. The molecule has 0 spiro atoms. The minimum absolute atomic E-state index is 0.318. The third-order valence-corrected chi connectivity index (χ3v) is 2.21. The van der Waals surface area contributed by atoms with Gasteiger partial charge in [-0.05, 0) is 18.9 Å².